The summed E-state index contributed by atoms with van der Waals surface area (Å²) < 4.78 is 11.8. The van der Waals surface area contributed by atoms with E-state index in [-0.39, 0.29) is 5.79 Å². The van der Waals surface area contributed by atoms with Crippen LogP contribution in [-0.2, 0) is 9.47 Å². The van der Waals surface area contributed by atoms with Crippen LogP contribution in [0.25, 0.3) is 0 Å². The molecule has 2 heteroatoms. The van der Waals surface area contributed by atoms with Crippen molar-refractivity contribution in [3.05, 3.63) is 0 Å². The first-order valence-corrected chi connectivity index (χ1v) is 6.71. The van der Waals surface area contributed by atoms with Crippen LogP contribution in [0.2, 0.25) is 0 Å². The Balaban J connectivity index is 1.96. The average molecular weight is 226 g/mol. The summed E-state index contributed by atoms with van der Waals surface area (Å²) >= 11 is 0. The molecule has 2 unspecified atom stereocenters. The molecule has 2 saturated heterocycles. The van der Waals surface area contributed by atoms with Crippen molar-refractivity contribution in [3.63, 3.8) is 0 Å². The minimum atomic E-state index is -0.196. The van der Waals surface area contributed by atoms with E-state index >= 15 is 0 Å². The van der Waals surface area contributed by atoms with E-state index in [2.05, 4.69) is 27.7 Å². The van der Waals surface area contributed by atoms with E-state index in [1.807, 2.05) is 0 Å². The van der Waals surface area contributed by atoms with E-state index in [1.54, 1.807) is 0 Å². The number of hydrogen-bond donors (Lipinski definition) is 0. The SMILES string of the molecule is CC(C)CC(C)(C)C1COC2(CCCO2)C1. The zero-order valence-electron chi connectivity index (χ0n) is 11.2. The van der Waals surface area contributed by atoms with Crippen molar-refractivity contribution in [1.82, 2.24) is 0 Å². The lowest BCUT2D eigenvalue weighted by Gasteiger charge is -2.33. The maximum absolute atomic E-state index is 5.96. The topological polar surface area (TPSA) is 18.5 Å². The molecule has 2 heterocycles. The predicted octanol–water partition coefficient (Wildman–Crippen LogP) is 3.60. The lowest BCUT2D eigenvalue weighted by atomic mass is 9.72. The highest BCUT2D eigenvalue weighted by Crippen LogP contribution is 2.47. The summed E-state index contributed by atoms with van der Waals surface area (Å²) in [5.74, 6) is 1.22. The Labute approximate surface area is 99.7 Å². The third-order valence-corrected chi connectivity index (χ3v) is 4.21. The van der Waals surface area contributed by atoms with Crippen LogP contribution in [0.4, 0.5) is 0 Å². The monoisotopic (exact) mass is 226 g/mol. The molecule has 0 aliphatic carbocycles. The molecular formula is C14H26O2. The van der Waals surface area contributed by atoms with Crippen LogP contribution in [-0.4, -0.2) is 19.0 Å². The molecule has 94 valence electrons. The van der Waals surface area contributed by atoms with Crippen LogP contribution in [0.15, 0.2) is 0 Å². The van der Waals surface area contributed by atoms with Gasteiger partial charge in [0.1, 0.15) is 0 Å². The van der Waals surface area contributed by atoms with Crippen LogP contribution >= 0.6 is 0 Å². The second-order valence-electron chi connectivity index (χ2n) is 6.66. The molecule has 2 rings (SSSR count). The molecular weight excluding hydrogens is 200 g/mol. The van der Waals surface area contributed by atoms with E-state index in [0.29, 0.717) is 11.3 Å². The Morgan fingerprint density at radius 1 is 1.31 bits per heavy atom. The highest BCUT2D eigenvalue weighted by molar-refractivity contribution is 4.91. The number of ether oxygens (including phenoxy) is 2. The van der Waals surface area contributed by atoms with Gasteiger partial charge in [0.05, 0.1) is 13.2 Å². The van der Waals surface area contributed by atoms with Crippen molar-refractivity contribution < 1.29 is 9.47 Å². The van der Waals surface area contributed by atoms with Crippen LogP contribution in [0.3, 0.4) is 0 Å². The van der Waals surface area contributed by atoms with E-state index < -0.39 is 0 Å². The van der Waals surface area contributed by atoms with E-state index in [1.165, 1.54) is 6.42 Å². The van der Waals surface area contributed by atoms with Gasteiger partial charge in [-0.2, -0.15) is 0 Å². The summed E-state index contributed by atoms with van der Waals surface area (Å²) in [5.41, 5.74) is 0.379. The summed E-state index contributed by atoms with van der Waals surface area (Å²) in [7, 11) is 0. The van der Waals surface area contributed by atoms with Gasteiger partial charge in [0.25, 0.3) is 0 Å². The third kappa shape index (κ3) is 2.43. The summed E-state index contributed by atoms with van der Waals surface area (Å²) in [6.45, 7) is 11.2. The Morgan fingerprint density at radius 3 is 2.62 bits per heavy atom. The van der Waals surface area contributed by atoms with Gasteiger partial charge >= 0.3 is 0 Å². The minimum Gasteiger partial charge on any atom is -0.350 e. The highest BCUT2D eigenvalue weighted by atomic mass is 16.7. The molecule has 2 aliphatic rings. The molecule has 2 nitrogen and oxygen atoms in total. The molecule has 0 radical (unpaired) electrons. The van der Waals surface area contributed by atoms with Crippen molar-refractivity contribution in [1.29, 1.82) is 0 Å². The Morgan fingerprint density at radius 2 is 2.06 bits per heavy atom. The Kier molecular flexibility index (Phi) is 3.33. The fourth-order valence-corrected chi connectivity index (χ4v) is 3.41. The van der Waals surface area contributed by atoms with E-state index in [4.69, 9.17) is 9.47 Å². The Bertz CT molecular complexity index is 239. The zero-order chi connectivity index (χ0) is 11.8. The van der Waals surface area contributed by atoms with Crippen molar-refractivity contribution in [2.24, 2.45) is 17.3 Å². The first-order chi connectivity index (χ1) is 7.44. The lowest BCUT2D eigenvalue weighted by Crippen LogP contribution is -2.29. The molecule has 0 saturated carbocycles. The molecule has 0 aromatic carbocycles. The molecule has 0 aromatic rings. The van der Waals surface area contributed by atoms with Gasteiger partial charge in [-0.25, -0.2) is 0 Å². The predicted molar refractivity (Wildman–Crippen MR) is 65.2 cm³/mol. The average Bonchev–Trinajstić information content (AvgIpc) is 2.75. The van der Waals surface area contributed by atoms with Gasteiger partial charge in [-0.15, -0.1) is 0 Å². The fraction of sp³-hybridized carbons (Fsp3) is 1.00. The quantitative estimate of drug-likeness (QED) is 0.732. The van der Waals surface area contributed by atoms with Crippen molar-refractivity contribution >= 4 is 0 Å². The van der Waals surface area contributed by atoms with Crippen LogP contribution in [0, 0.1) is 17.3 Å². The standard InChI is InChI=1S/C14H26O2/c1-11(2)8-13(3,4)12-9-14(16-10-12)6-5-7-15-14/h11-12H,5-10H2,1-4H3. The summed E-state index contributed by atoms with van der Waals surface area (Å²) in [6, 6.07) is 0. The molecule has 2 aliphatic heterocycles. The van der Waals surface area contributed by atoms with Gasteiger partial charge in [-0.3, -0.25) is 0 Å². The normalized spacial score (nSPS) is 35.4. The molecule has 0 bridgehead atoms. The minimum absolute atomic E-state index is 0.196. The van der Waals surface area contributed by atoms with Crippen molar-refractivity contribution in [3.8, 4) is 0 Å². The van der Waals surface area contributed by atoms with Gasteiger partial charge in [-0.05, 0) is 30.1 Å². The molecule has 2 fully saturated rings. The summed E-state index contributed by atoms with van der Waals surface area (Å²) in [6.07, 6.45) is 4.64. The maximum Gasteiger partial charge on any atom is 0.168 e. The van der Waals surface area contributed by atoms with E-state index in [0.717, 1.165) is 38.4 Å². The van der Waals surface area contributed by atoms with Crippen LogP contribution < -0.4 is 0 Å². The number of rotatable bonds is 3. The molecule has 1 spiro atoms. The van der Waals surface area contributed by atoms with Gasteiger partial charge in [0.2, 0.25) is 0 Å². The molecule has 0 aromatic heterocycles. The maximum atomic E-state index is 5.96. The lowest BCUT2D eigenvalue weighted by molar-refractivity contribution is -0.178. The van der Waals surface area contributed by atoms with Crippen molar-refractivity contribution in [2.45, 2.75) is 59.2 Å². The Hall–Kier alpha value is -0.0800. The third-order valence-electron chi connectivity index (χ3n) is 4.21. The molecule has 0 N–H and O–H groups in total. The van der Waals surface area contributed by atoms with Crippen molar-refractivity contribution in [2.75, 3.05) is 13.2 Å². The second kappa shape index (κ2) is 4.30. The second-order valence-corrected chi connectivity index (χ2v) is 6.66. The van der Waals surface area contributed by atoms with Gasteiger partial charge in [0, 0.05) is 12.8 Å². The van der Waals surface area contributed by atoms with Crippen LogP contribution in [0.5, 0.6) is 0 Å². The van der Waals surface area contributed by atoms with Gasteiger partial charge in [0.15, 0.2) is 5.79 Å². The summed E-state index contributed by atoms with van der Waals surface area (Å²) in [4.78, 5) is 0. The highest BCUT2D eigenvalue weighted by Gasteiger charge is 2.48. The largest absolute Gasteiger partial charge is 0.350 e. The smallest absolute Gasteiger partial charge is 0.168 e. The fourth-order valence-electron chi connectivity index (χ4n) is 3.41. The zero-order valence-corrected chi connectivity index (χ0v) is 11.2. The van der Waals surface area contributed by atoms with Gasteiger partial charge < -0.3 is 9.47 Å². The van der Waals surface area contributed by atoms with Gasteiger partial charge in [-0.1, -0.05) is 27.7 Å². The molecule has 2 atom stereocenters. The summed E-state index contributed by atoms with van der Waals surface area (Å²) in [5, 5.41) is 0. The first kappa shape index (κ1) is 12.4. The molecule has 16 heavy (non-hydrogen) atoms. The first-order valence-electron chi connectivity index (χ1n) is 6.71. The number of hydrogen-bond acceptors (Lipinski definition) is 2. The van der Waals surface area contributed by atoms with Crippen LogP contribution in [0.1, 0.15) is 53.4 Å². The molecule has 0 amide bonds. The van der Waals surface area contributed by atoms with E-state index in [9.17, 15) is 0 Å².